The van der Waals surface area contributed by atoms with E-state index in [1.807, 2.05) is 0 Å². The third-order valence-corrected chi connectivity index (χ3v) is 3.94. The molecular formula is C16H19ClFNO5. The van der Waals surface area contributed by atoms with Crippen LogP contribution in [0.5, 0.6) is 0 Å². The molecule has 1 aromatic carbocycles. The summed E-state index contributed by atoms with van der Waals surface area (Å²) < 4.78 is 24.2. The van der Waals surface area contributed by atoms with E-state index in [1.165, 1.54) is 12.1 Å². The molecule has 1 fully saturated rings. The summed E-state index contributed by atoms with van der Waals surface area (Å²) in [5, 5.41) is 11.5. The fourth-order valence-corrected chi connectivity index (χ4v) is 2.49. The highest BCUT2D eigenvalue weighted by atomic mass is 35.5. The van der Waals surface area contributed by atoms with Crippen molar-refractivity contribution in [1.82, 2.24) is 5.32 Å². The Bertz CT molecular complexity index is 592. The first-order valence-corrected chi connectivity index (χ1v) is 8.01. The molecule has 2 rings (SSSR count). The van der Waals surface area contributed by atoms with E-state index in [0.717, 1.165) is 25.5 Å². The first-order chi connectivity index (χ1) is 11.5. The molecule has 24 heavy (non-hydrogen) atoms. The van der Waals surface area contributed by atoms with Gasteiger partial charge in [-0.15, -0.1) is 0 Å². The van der Waals surface area contributed by atoms with Gasteiger partial charge < -0.3 is 19.9 Å². The normalized spacial score (nSPS) is 18.3. The van der Waals surface area contributed by atoms with E-state index >= 15 is 0 Å². The van der Waals surface area contributed by atoms with Gasteiger partial charge in [0.2, 0.25) is 5.91 Å². The standard InChI is InChI=1S/C16H19ClFNO5/c17-12-4-3-10(8-13(12)18)15(16(21)22)19-14(20)5-7-23-9-11-2-1-6-24-11/h3-4,8,11,15H,1-2,5-7,9H2,(H,19,20)(H,21,22). The van der Waals surface area contributed by atoms with E-state index in [0.29, 0.717) is 6.61 Å². The van der Waals surface area contributed by atoms with Crippen LogP contribution in [-0.4, -0.2) is 42.9 Å². The largest absolute Gasteiger partial charge is 0.479 e. The Kier molecular flexibility index (Phi) is 6.96. The van der Waals surface area contributed by atoms with Crippen LogP contribution in [0.1, 0.15) is 30.9 Å². The van der Waals surface area contributed by atoms with Crippen molar-refractivity contribution in [3.63, 3.8) is 0 Å². The molecule has 132 valence electrons. The number of halogens is 2. The Balaban J connectivity index is 1.82. The number of benzene rings is 1. The van der Waals surface area contributed by atoms with Crippen LogP contribution in [0.25, 0.3) is 0 Å². The first kappa shape index (κ1) is 18.6. The number of aliphatic carboxylic acids is 1. The molecule has 1 heterocycles. The van der Waals surface area contributed by atoms with Crippen LogP contribution in [0.2, 0.25) is 5.02 Å². The molecule has 2 atom stereocenters. The van der Waals surface area contributed by atoms with Crippen molar-refractivity contribution < 1.29 is 28.6 Å². The number of hydrogen-bond acceptors (Lipinski definition) is 4. The van der Waals surface area contributed by atoms with E-state index in [2.05, 4.69) is 5.32 Å². The molecule has 0 radical (unpaired) electrons. The second kappa shape index (κ2) is 8.96. The van der Waals surface area contributed by atoms with E-state index in [4.69, 9.17) is 21.1 Å². The Hall–Kier alpha value is -1.70. The Labute approximate surface area is 143 Å². The van der Waals surface area contributed by atoms with E-state index in [9.17, 15) is 19.1 Å². The summed E-state index contributed by atoms with van der Waals surface area (Å²) in [7, 11) is 0. The molecule has 0 spiro atoms. The van der Waals surface area contributed by atoms with Crippen LogP contribution in [0, 0.1) is 5.82 Å². The summed E-state index contributed by atoms with van der Waals surface area (Å²) in [6, 6.07) is 2.26. The SMILES string of the molecule is O=C(CCOCC1CCCO1)NC(C(=O)O)c1ccc(Cl)c(F)c1. The van der Waals surface area contributed by atoms with Gasteiger partial charge in [-0.25, -0.2) is 9.18 Å². The van der Waals surface area contributed by atoms with Gasteiger partial charge in [-0.3, -0.25) is 4.79 Å². The third kappa shape index (κ3) is 5.43. The van der Waals surface area contributed by atoms with Gasteiger partial charge in [0.1, 0.15) is 5.82 Å². The van der Waals surface area contributed by atoms with Gasteiger partial charge in [0.05, 0.1) is 24.3 Å². The molecule has 1 saturated heterocycles. The number of carboxylic acid groups (broad SMARTS) is 1. The molecule has 0 aliphatic carbocycles. The zero-order chi connectivity index (χ0) is 17.5. The molecule has 2 unspecified atom stereocenters. The minimum Gasteiger partial charge on any atom is -0.479 e. The molecule has 1 amide bonds. The summed E-state index contributed by atoms with van der Waals surface area (Å²) in [6.45, 7) is 1.30. The van der Waals surface area contributed by atoms with Crippen LogP contribution < -0.4 is 5.32 Å². The zero-order valence-electron chi connectivity index (χ0n) is 13.0. The molecule has 0 saturated carbocycles. The molecule has 1 aromatic rings. The van der Waals surface area contributed by atoms with Crippen LogP contribution in [-0.2, 0) is 19.1 Å². The number of carbonyl (C=O) groups is 2. The van der Waals surface area contributed by atoms with E-state index in [-0.39, 0.29) is 29.7 Å². The van der Waals surface area contributed by atoms with Crippen molar-refractivity contribution in [3.8, 4) is 0 Å². The van der Waals surface area contributed by atoms with Gasteiger partial charge in [0.25, 0.3) is 0 Å². The summed E-state index contributed by atoms with van der Waals surface area (Å²) in [4.78, 5) is 23.2. The Morgan fingerprint density at radius 2 is 2.29 bits per heavy atom. The predicted molar refractivity (Wildman–Crippen MR) is 84.3 cm³/mol. The highest BCUT2D eigenvalue weighted by Gasteiger charge is 2.23. The Morgan fingerprint density at radius 3 is 2.92 bits per heavy atom. The maximum atomic E-state index is 13.5. The topological polar surface area (TPSA) is 84.9 Å². The lowest BCUT2D eigenvalue weighted by Gasteiger charge is -2.16. The van der Waals surface area contributed by atoms with Crippen molar-refractivity contribution in [2.45, 2.75) is 31.4 Å². The Morgan fingerprint density at radius 1 is 1.50 bits per heavy atom. The van der Waals surface area contributed by atoms with Crippen LogP contribution in [0.3, 0.4) is 0 Å². The highest BCUT2D eigenvalue weighted by Crippen LogP contribution is 2.20. The summed E-state index contributed by atoms with van der Waals surface area (Å²) >= 11 is 5.57. The number of carboxylic acids is 1. The molecule has 0 bridgehead atoms. The monoisotopic (exact) mass is 359 g/mol. The van der Waals surface area contributed by atoms with Gasteiger partial charge >= 0.3 is 5.97 Å². The molecule has 2 N–H and O–H groups in total. The van der Waals surface area contributed by atoms with Crippen molar-refractivity contribution in [3.05, 3.63) is 34.6 Å². The van der Waals surface area contributed by atoms with Crippen LogP contribution in [0.4, 0.5) is 4.39 Å². The minimum absolute atomic E-state index is 0.00652. The van der Waals surface area contributed by atoms with Crippen molar-refractivity contribution >= 4 is 23.5 Å². The van der Waals surface area contributed by atoms with Gasteiger partial charge in [0, 0.05) is 13.0 Å². The van der Waals surface area contributed by atoms with Crippen molar-refractivity contribution in [2.24, 2.45) is 0 Å². The van der Waals surface area contributed by atoms with Crippen molar-refractivity contribution in [1.29, 1.82) is 0 Å². The lowest BCUT2D eigenvalue weighted by Crippen LogP contribution is -2.34. The third-order valence-electron chi connectivity index (χ3n) is 3.63. The fourth-order valence-electron chi connectivity index (χ4n) is 2.37. The maximum Gasteiger partial charge on any atom is 0.330 e. The number of amides is 1. The molecule has 0 aromatic heterocycles. The second-order valence-corrected chi connectivity index (χ2v) is 5.88. The number of nitrogens with one attached hydrogen (secondary N) is 1. The first-order valence-electron chi connectivity index (χ1n) is 7.64. The quantitative estimate of drug-likeness (QED) is 0.696. The van der Waals surface area contributed by atoms with Gasteiger partial charge in [-0.2, -0.15) is 0 Å². The summed E-state index contributed by atoms with van der Waals surface area (Å²) in [5.74, 6) is -2.52. The molecule has 1 aliphatic heterocycles. The average molecular weight is 360 g/mol. The smallest absolute Gasteiger partial charge is 0.330 e. The van der Waals surface area contributed by atoms with Crippen LogP contribution in [0.15, 0.2) is 18.2 Å². The maximum absolute atomic E-state index is 13.5. The summed E-state index contributed by atoms with van der Waals surface area (Å²) in [5.41, 5.74) is 0.109. The lowest BCUT2D eigenvalue weighted by molar-refractivity contribution is -0.142. The number of hydrogen-bond donors (Lipinski definition) is 2. The molecule has 6 nitrogen and oxygen atoms in total. The minimum atomic E-state index is -1.34. The zero-order valence-corrected chi connectivity index (χ0v) is 13.7. The second-order valence-electron chi connectivity index (χ2n) is 5.47. The van der Waals surface area contributed by atoms with Gasteiger partial charge in [0.15, 0.2) is 6.04 Å². The number of ether oxygens (including phenoxy) is 2. The van der Waals surface area contributed by atoms with Crippen molar-refractivity contribution in [2.75, 3.05) is 19.8 Å². The van der Waals surface area contributed by atoms with E-state index < -0.39 is 23.7 Å². The molecular weight excluding hydrogens is 341 g/mol. The van der Waals surface area contributed by atoms with Crippen LogP contribution >= 0.6 is 11.6 Å². The summed E-state index contributed by atoms with van der Waals surface area (Å²) in [6.07, 6.45) is 2.02. The fraction of sp³-hybridized carbons (Fsp3) is 0.500. The number of rotatable bonds is 8. The average Bonchev–Trinajstić information content (AvgIpc) is 3.05. The molecule has 1 aliphatic rings. The van der Waals surface area contributed by atoms with E-state index in [1.54, 1.807) is 0 Å². The predicted octanol–water partition coefficient (Wildman–Crippen LogP) is 2.31. The van der Waals surface area contributed by atoms with Gasteiger partial charge in [-0.1, -0.05) is 17.7 Å². The highest BCUT2D eigenvalue weighted by molar-refractivity contribution is 6.30. The molecule has 8 heteroatoms. The van der Waals surface area contributed by atoms with Gasteiger partial charge in [-0.05, 0) is 30.5 Å². The lowest BCUT2D eigenvalue weighted by atomic mass is 10.1. The number of carbonyl (C=O) groups excluding carboxylic acids is 1.